The molecule has 0 bridgehead atoms. The van der Waals surface area contributed by atoms with E-state index in [1.165, 1.54) is 24.3 Å². The minimum Gasteiger partial charge on any atom is -0.386 e. The van der Waals surface area contributed by atoms with Gasteiger partial charge in [-0.15, -0.1) is 0 Å². The normalized spacial score (nSPS) is 14.0. The molecule has 2 atom stereocenters. The molecular formula is C13H15FN2O4S. The van der Waals surface area contributed by atoms with Crippen molar-refractivity contribution in [3.63, 3.8) is 0 Å². The van der Waals surface area contributed by atoms with Crippen molar-refractivity contribution >= 4 is 15.7 Å². The zero-order valence-electron chi connectivity index (χ0n) is 11.3. The maximum absolute atomic E-state index is 12.9. The van der Waals surface area contributed by atoms with E-state index in [0.29, 0.717) is 0 Å². The molecule has 0 aliphatic rings. The van der Waals surface area contributed by atoms with Gasteiger partial charge in [0.25, 0.3) is 0 Å². The first kappa shape index (κ1) is 17.1. The quantitative estimate of drug-likeness (QED) is 0.794. The van der Waals surface area contributed by atoms with Crippen molar-refractivity contribution in [3.05, 3.63) is 29.8 Å². The number of carbonyl (C=O) groups is 1. The molecule has 1 aromatic rings. The lowest BCUT2D eigenvalue weighted by Crippen LogP contribution is -2.40. The third-order valence-corrected chi connectivity index (χ3v) is 3.91. The second-order valence-electron chi connectivity index (χ2n) is 4.45. The van der Waals surface area contributed by atoms with E-state index >= 15 is 0 Å². The van der Waals surface area contributed by atoms with Crippen LogP contribution in [0.5, 0.6) is 0 Å². The number of halogens is 1. The Hall–Kier alpha value is -1.98. The molecule has 21 heavy (non-hydrogen) atoms. The van der Waals surface area contributed by atoms with Crippen LogP contribution in [0.15, 0.2) is 29.2 Å². The lowest BCUT2D eigenvalue weighted by Gasteiger charge is -2.21. The highest BCUT2D eigenvalue weighted by molar-refractivity contribution is 7.90. The van der Waals surface area contributed by atoms with Gasteiger partial charge in [0.15, 0.2) is 9.84 Å². The van der Waals surface area contributed by atoms with E-state index in [1.807, 2.05) is 0 Å². The molecule has 0 saturated carbocycles. The Balaban J connectivity index is 2.88. The molecule has 2 N–H and O–H groups in total. The summed E-state index contributed by atoms with van der Waals surface area (Å²) in [7, 11) is -3.36. The fraction of sp³-hybridized carbons (Fsp3) is 0.385. The fourth-order valence-corrected chi connectivity index (χ4v) is 2.31. The number of aliphatic hydroxyl groups is 1. The van der Waals surface area contributed by atoms with Gasteiger partial charge in [-0.2, -0.15) is 5.26 Å². The van der Waals surface area contributed by atoms with Gasteiger partial charge < -0.3 is 10.4 Å². The van der Waals surface area contributed by atoms with E-state index in [2.05, 4.69) is 5.32 Å². The third-order valence-electron chi connectivity index (χ3n) is 2.78. The molecule has 0 aliphatic carbocycles. The Kier molecular flexibility index (Phi) is 5.81. The third kappa shape index (κ3) is 4.81. The van der Waals surface area contributed by atoms with Gasteiger partial charge in [0.2, 0.25) is 5.91 Å². The standard InChI is InChI=1S/C13H15FN2O4S/c1-21(19,20)10-4-2-9(3-5-10)13(18)11(8-14)16-12(17)6-7-15/h2-5,11,13,18H,6,8H2,1H3,(H,16,17)/t11-,13-/m1/s1. The molecule has 0 aliphatic heterocycles. The lowest BCUT2D eigenvalue weighted by atomic mass is 10.0. The minimum atomic E-state index is -3.36. The molecule has 1 aromatic carbocycles. The predicted octanol–water partition coefficient (Wildman–Crippen LogP) is 0.491. The number of nitriles is 1. The summed E-state index contributed by atoms with van der Waals surface area (Å²) in [6, 6.07) is 5.70. The molecular weight excluding hydrogens is 299 g/mol. The molecule has 0 saturated heterocycles. The van der Waals surface area contributed by atoms with Gasteiger partial charge in [0, 0.05) is 6.26 Å². The van der Waals surface area contributed by atoms with E-state index in [-0.39, 0.29) is 10.5 Å². The van der Waals surface area contributed by atoms with Crippen LogP contribution in [-0.4, -0.2) is 38.4 Å². The van der Waals surface area contributed by atoms with Crippen LogP contribution in [0.2, 0.25) is 0 Å². The Morgan fingerprint density at radius 2 is 2.00 bits per heavy atom. The van der Waals surface area contributed by atoms with Crippen LogP contribution < -0.4 is 5.32 Å². The lowest BCUT2D eigenvalue weighted by molar-refractivity contribution is -0.121. The second-order valence-corrected chi connectivity index (χ2v) is 6.46. The molecule has 8 heteroatoms. The number of amides is 1. The Bertz CT molecular complexity index is 637. The number of nitrogens with zero attached hydrogens (tertiary/aromatic N) is 1. The highest BCUT2D eigenvalue weighted by Crippen LogP contribution is 2.20. The zero-order valence-corrected chi connectivity index (χ0v) is 12.1. The van der Waals surface area contributed by atoms with Gasteiger partial charge in [0.05, 0.1) is 17.0 Å². The number of benzene rings is 1. The minimum absolute atomic E-state index is 0.0729. The molecule has 1 rings (SSSR count). The van der Waals surface area contributed by atoms with Crippen molar-refractivity contribution in [3.8, 4) is 6.07 Å². The van der Waals surface area contributed by atoms with E-state index in [1.54, 1.807) is 6.07 Å². The van der Waals surface area contributed by atoms with Crippen molar-refractivity contribution in [1.29, 1.82) is 5.26 Å². The Morgan fingerprint density at radius 1 is 1.43 bits per heavy atom. The van der Waals surface area contributed by atoms with E-state index in [0.717, 1.165) is 6.26 Å². The van der Waals surface area contributed by atoms with Crippen molar-refractivity contribution in [2.45, 2.75) is 23.5 Å². The molecule has 114 valence electrons. The van der Waals surface area contributed by atoms with Crippen LogP contribution in [0.4, 0.5) is 4.39 Å². The van der Waals surface area contributed by atoms with E-state index in [9.17, 15) is 22.7 Å². The number of aliphatic hydroxyl groups excluding tert-OH is 1. The van der Waals surface area contributed by atoms with Crippen LogP contribution >= 0.6 is 0 Å². The van der Waals surface area contributed by atoms with Gasteiger partial charge in [-0.1, -0.05) is 12.1 Å². The zero-order chi connectivity index (χ0) is 16.0. The van der Waals surface area contributed by atoms with Crippen molar-refractivity contribution in [2.24, 2.45) is 0 Å². The summed E-state index contributed by atoms with van der Waals surface area (Å²) in [6.45, 7) is -1.02. The van der Waals surface area contributed by atoms with Gasteiger partial charge in [-0.05, 0) is 17.7 Å². The van der Waals surface area contributed by atoms with Crippen LogP contribution in [0.1, 0.15) is 18.1 Å². The largest absolute Gasteiger partial charge is 0.386 e. The maximum atomic E-state index is 12.9. The first-order valence-corrected chi connectivity index (χ1v) is 7.89. The summed E-state index contributed by atoms with van der Waals surface area (Å²) in [5.41, 5.74) is 0.266. The van der Waals surface area contributed by atoms with Crippen molar-refractivity contribution < 1.29 is 22.7 Å². The molecule has 0 fully saturated rings. The number of carbonyl (C=O) groups excluding carboxylic acids is 1. The van der Waals surface area contributed by atoms with Gasteiger partial charge >= 0.3 is 0 Å². The van der Waals surface area contributed by atoms with Gasteiger partial charge in [0.1, 0.15) is 19.2 Å². The highest BCUT2D eigenvalue weighted by atomic mass is 32.2. The molecule has 0 aromatic heterocycles. The monoisotopic (exact) mass is 314 g/mol. The first-order chi connectivity index (χ1) is 9.79. The van der Waals surface area contributed by atoms with E-state index < -0.39 is 41.0 Å². The SMILES string of the molecule is CS(=O)(=O)c1ccc([C@@H](O)[C@@H](CF)NC(=O)CC#N)cc1. The molecule has 6 nitrogen and oxygen atoms in total. The van der Waals surface area contributed by atoms with Crippen molar-refractivity contribution in [1.82, 2.24) is 5.32 Å². The van der Waals surface area contributed by atoms with Gasteiger partial charge in [-0.25, -0.2) is 12.8 Å². The van der Waals surface area contributed by atoms with Crippen LogP contribution in [0.3, 0.4) is 0 Å². The first-order valence-electron chi connectivity index (χ1n) is 6.00. The number of hydrogen-bond acceptors (Lipinski definition) is 5. The van der Waals surface area contributed by atoms with E-state index in [4.69, 9.17) is 5.26 Å². The summed E-state index contributed by atoms with van der Waals surface area (Å²) in [5, 5.41) is 20.6. The second kappa shape index (κ2) is 7.15. The van der Waals surface area contributed by atoms with Crippen molar-refractivity contribution in [2.75, 3.05) is 12.9 Å². The van der Waals surface area contributed by atoms with Gasteiger partial charge in [-0.3, -0.25) is 4.79 Å². The molecule has 0 radical (unpaired) electrons. The highest BCUT2D eigenvalue weighted by Gasteiger charge is 2.23. The Morgan fingerprint density at radius 3 is 2.43 bits per heavy atom. The number of rotatable bonds is 6. The number of nitrogens with one attached hydrogen (secondary N) is 1. The topological polar surface area (TPSA) is 107 Å². The van der Waals surface area contributed by atoms with Crippen LogP contribution in [0, 0.1) is 11.3 Å². The molecule has 0 unspecified atom stereocenters. The number of hydrogen-bond donors (Lipinski definition) is 2. The molecule has 0 heterocycles. The number of sulfone groups is 1. The average molecular weight is 314 g/mol. The molecule has 1 amide bonds. The summed E-state index contributed by atoms with van der Waals surface area (Å²) in [6.07, 6.45) is -0.729. The number of alkyl halides is 1. The predicted molar refractivity (Wildman–Crippen MR) is 72.6 cm³/mol. The average Bonchev–Trinajstić information content (AvgIpc) is 2.43. The van der Waals surface area contributed by atoms with Crippen LogP contribution in [-0.2, 0) is 14.6 Å². The maximum Gasteiger partial charge on any atom is 0.234 e. The Labute approximate surface area is 122 Å². The smallest absolute Gasteiger partial charge is 0.234 e. The summed E-state index contributed by atoms with van der Waals surface area (Å²) < 4.78 is 35.5. The summed E-state index contributed by atoms with van der Waals surface area (Å²) >= 11 is 0. The fourth-order valence-electron chi connectivity index (χ4n) is 1.68. The summed E-state index contributed by atoms with van der Waals surface area (Å²) in [4.78, 5) is 11.3. The summed E-state index contributed by atoms with van der Waals surface area (Å²) in [5.74, 6) is -0.688. The molecule has 0 spiro atoms. The van der Waals surface area contributed by atoms with Crippen LogP contribution in [0.25, 0.3) is 0 Å².